The van der Waals surface area contributed by atoms with Crippen LogP contribution >= 0.6 is 23.1 Å². The van der Waals surface area contributed by atoms with Crippen LogP contribution in [-0.2, 0) is 0 Å². The number of nitriles is 1. The van der Waals surface area contributed by atoms with Crippen molar-refractivity contribution in [1.82, 2.24) is 4.98 Å². The molecule has 0 fully saturated rings. The highest BCUT2D eigenvalue weighted by Gasteiger charge is 2.05. The highest BCUT2D eigenvalue weighted by atomic mass is 32.2. The predicted octanol–water partition coefficient (Wildman–Crippen LogP) is 2.63. The average Bonchev–Trinajstić information content (AvgIpc) is 2.71. The van der Waals surface area contributed by atoms with Gasteiger partial charge in [-0.1, -0.05) is 23.9 Å². The summed E-state index contributed by atoms with van der Waals surface area (Å²) < 4.78 is 2.25. The Balaban J connectivity index is 1.97. The minimum Gasteiger partial charge on any atom is -0.316 e. The van der Waals surface area contributed by atoms with Gasteiger partial charge in [-0.2, -0.15) is 5.26 Å². The van der Waals surface area contributed by atoms with Crippen molar-refractivity contribution in [2.45, 2.75) is 16.8 Å². The molecule has 1 heterocycles. The van der Waals surface area contributed by atoms with Gasteiger partial charge in [-0.3, -0.25) is 0 Å². The second-order valence-corrected chi connectivity index (χ2v) is 5.69. The highest BCUT2D eigenvalue weighted by molar-refractivity contribution is 8.01. The van der Waals surface area contributed by atoms with Crippen LogP contribution in [0.4, 0.5) is 0 Å². The second-order valence-electron chi connectivity index (χ2n) is 3.32. The predicted molar refractivity (Wildman–Crippen MR) is 68.5 cm³/mol. The van der Waals surface area contributed by atoms with E-state index in [1.807, 2.05) is 24.3 Å². The van der Waals surface area contributed by atoms with Gasteiger partial charge in [0.15, 0.2) is 4.34 Å². The van der Waals surface area contributed by atoms with E-state index in [4.69, 9.17) is 11.0 Å². The molecule has 0 amide bonds. The Hall–Kier alpha value is -1.09. The molecular formula is C11H11N3S2. The molecule has 0 spiro atoms. The van der Waals surface area contributed by atoms with Crippen LogP contribution in [0.2, 0.25) is 0 Å². The van der Waals surface area contributed by atoms with Gasteiger partial charge in [-0.15, -0.1) is 11.3 Å². The van der Waals surface area contributed by atoms with Gasteiger partial charge in [0.2, 0.25) is 0 Å². The number of thiazole rings is 1. The maximum absolute atomic E-state index is 8.55. The fourth-order valence-corrected chi connectivity index (χ4v) is 3.41. The number of hydrogen-bond acceptors (Lipinski definition) is 5. The first-order valence-electron chi connectivity index (χ1n) is 4.93. The Bertz CT molecular complexity index is 482. The van der Waals surface area contributed by atoms with Gasteiger partial charge in [0.05, 0.1) is 22.3 Å². The molecule has 0 aliphatic carbocycles. The molecule has 2 rings (SSSR count). The van der Waals surface area contributed by atoms with Crippen LogP contribution in [0, 0.1) is 11.3 Å². The minimum atomic E-state index is -0.359. The molecule has 1 unspecified atom stereocenters. The fourth-order valence-electron chi connectivity index (χ4n) is 1.25. The summed E-state index contributed by atoms with van der Waals surface area (Å²) in [5.74, 6) is 0.842. The quantitative estimate of drug-likeness (QED) is 0.846. The number of rotatable bonds is 4. The smallest absolute Gasteiger partial charge is 0.151 e. The molecule has 0 saturated heterocycles. The van der Waals surface area contributed by atoms with Crippen molar-refractivity contribution in [2.75, 3.05) is 5.75 Å². The van der Waals surface area contributed by atoms with Crippen LogP contribution in [0.1, 0.15) is 6.42 Å². The zero-order chi connectivity index (χ0) is 11.4. The summed E-state index contributed by atoms with van der Waals surface area (Å²) in [7, 11) is 0. The number of nitrogens with zero attached hydrogens (tertiary/aromatic N) is 2. The first kappa shape index (κ1) is 11.4. The van der Waals surface area contributed by atoms with Gasteiger partial charge in [0, 0.05) is 5.75 Å². The van der Waals surface area contributed by atoms with Crippen LogP contribution in [0.15, 0.2) is 28.6 Å². The number of thioether (sulfide) groups is 1. The largest absolute Gasteiger partial charge is 0.316 e. The number of hydrogen-bond donors (Lipinski definition) is 1. The number of aromatic nitrogens is 1. The van der Waals surface area contributed by atoms with E-state index in [1.165, 1.54) is 4.70 Å². The minimum absolute atomic E-state index is 0.359. The summed E-state index contributed by atoms with van der Waals surface area (Å²) >= 11 is 3.35. The molecule has 0 saturated carbocycles. The van der Waals surface area contributed by atoms with Crippen LogP contribution in [-0.4, -0.2) is 16.8 Å². The molecule has 2 aromatic rings. The lowest BCUT2D eigenvalue weighted by atomic mass is 10.3. The van der Waals surface area contributed by atoms with Gasteiger partial charge in [-0.05, 0) is 18.6 Å². The van der Waals surface area contributed by atoms with Crippen molar-refractivity contribution in [3.63, 3.8) is 0 Å². The third kappa shape index (κ3) is 2.73. The van der Waals surface area contributed by atoms with E-state index in [9.17, 15) is 0 Å². The zero-order valence-electron chi connectivity index (χ0n) is 8.59. The van der Waals surface area contributed by atoms with Crippen molar-refractivity contribution >= 4 is 33.3 Å². The topological polar surface area (TPSA) is 62.7 Å². The van der Waals surface area contributed by atoms with Crippen molar-refractivity contribution in [1.29, 1.82) is 5.26 Å². The number of benzene rings is 1. The van der Waals surface area contributed by atoms with E-state index in [-0.39, 0.29) is 6.04 Å². The van der Waals surface area contributed by atoms with Crippen molar-refractivity contribution < 1.29 is 0 Å². The lowest BCUT2D eigenvalue weighted by Crippen LogP contribution is -2.17. The molecule has 82 valence electrons. The first-order valence-corrected chi connectivity index (χ1v) is 6.73. The Kier molecular flexibility index (Phi) is 3.78. The summed E-state index contributed by atoms with van der Waals surface area (Å²) in [6, 6.07) is 9.75. The third-order valence-electron chi connectivity index (χ3n) is 2.09. The van der Waals surface area contributed by atoms with E-state index < -0.39 is 0 Å². The maximum Gasteiger partial charge on any atom is 0.151 e. The van der Waals surface area contributed by atoms with E-state index in [1.54, 1.807) is 23.1 Å². The van der Waals surface area contributed by atoms with Crippen molar-refractivity contribution in [2.24, 2.45) is 5.73 Å². The highest BCUT2D eigenvalue weighted by Crippen LogP contribution is 2.29. The maximum atomic E-state index is 8.55. The summed E-state index contributed by atoms with van der Waals surface area (Å²) in [4.78, 5) is 4.49. The van der Waals surface area contributed by atoms with E-state index in [0.717, 1.165) is 15.6 Å². The third-order valence-corrected chi connectivity index (χ3v) is 4.31. The molecule has 3 nitrogen and oxygen atoms in total. The monoisotopic (exact) mass is 249 g/mol. The Labute approximate surface area is 102 Å². The van der Waals surface area contributed by atoms with Crippen LogP contribution < -0.4 is 5.73 Å². The molecule has 0 radical (unpaired) electrons. The van der Waals surface area contributed by atoms with Crippen molar-refractivity contribution in [3.8, 4) is 6.07 Å². The molecule has 0 aliphatic heterocycles. The molecule has 2 N–H and O–H groups in total. The molecule has 16 heavy (non-hydrogen) atoms. The molecule has 1 aromatic heterocycles. The summed E-state index contributed by atoms with van der Waals surface area (Å²) in [5, 5.41) is 8.55. The number of nitrogens with two attached hydrogens (primary N) is 1. The normalized spacial score (nSPS) is 12.5. The summed E-state index contributed by atoms with van der Waals surface area (Å²) in [5.41, 5.74) is 6.56. The molecule has 0 aliphatic rings. The van der Waals surface area contributed by atoms with Gasteiger partial charge < -0.3 is 5.73 Å². The summed E-state index contributed by atoms with van der Waals surface area (Å²) in [6.07, 6.45) is 0.705. The fraction of sp³-hybridized carbons (Fsp3) is 0.273. The Morgan fingerprint density at radius 1 is 1.50 bits per heavy atom. The molecular weight excluding hydrogens is 238 g/mol. The molecule has 1 aromatic carbocycles. The molecule has 1 atom stereocenters. The van der Waals surface area contributed by atoms with Gasteiger partial charge in [0.25, 0.3) is 0 Å². The Morgan fingerprint density at radius 2 is 2.31 bits per heavy atom. The lowest BCUT2D eigenvalue weighted by Gasteiger charge is -1.99. The van der Waals surface area contributed by atoms with Gasteiger partial charge in [0.1, 0.15) is 0 Å². The average molecular weight is 249 g/mol. The van der Waals surface area contributed by atoms with Crippen molar-refractivity contribution in [3.05, 3.63) is 24.3 Å². The number of para-hydroxylation sites is 1. The standard InChI is InChI=1S/C11H11N3S2/c12-7-8(13)5-6-15-11-14-9-3-1-2-4-10(9)16-11/h1-4,8H,5-6,13H2. The first-order chi connectivity index (χ1) is 7.79. The lowest BCUT2D eigenvalue weighted by molar-refractivity contribution is 0.803. The molecule has 5 heteroatoms. The van der Waals surface area contributed by atoms with E-state index in [2.05, 4.69) is 11.1 Å². The molecule has 0 bridgehead atoms. The van der Waals surface area contributed by atoms with Crippen LogP contribution in [0.5, 0.6) is 0 Å². The number of fused-ring (bicyclic) bond motifs is 1. The van der Waals surface area contributed by atoms with Crippen LogP contribution in [0.25, 0.3) is 10.2 Å². The van der Waals surface area contributed by atoms with Gasteiger partial charge >= 0.3 is 0 Å². The van der Waals surface area contributed by atoms with E-state index in [0.29, 0.717) is 6.42 Å². The zero-order valence-corrected chi connectivity index (χ0v) is 10.2. The van der Waals surface area contributed by atoms with Gasteiger partial charge in [-0.25, -0.2) is 4.98 Å². The second kappa shape index (κ2) is 5.30. The Morgan fingerprint density at radius 3 is 3.06 bits per heavy atom. The summed E-state index contributed by atoms with van der Waals surface area (Å²) in [6.45, 7) is 0. The van der Waals surface area contributed by atoms with E-state index >= 15 is 0 Å². The van der Waals surface area contributed by atoms with Crippen LogP contribution in [0.3, 0.4) is 0 Å². The SMILES string of the molecule is N#CC(N)CCSc1nc2ccccc2s1.